The number of benzene rings is 1. The van der Waals surface area contributed by atoms with Crippen molar-refractivity contribution in [2.24, 2.45) is 5.41 Å². The fourth-order valence-electron chi connectivity index (χ4n) is 2.10. The Morgan fingerprint density at radius 2 is 2.00 bits per heavy atom. The molecule has 21 heavy (non-hydrogen) atoms. The predicted octanol–water partition coefficient (Wildman–Crippen LogP) is 2.43. The summed E-state index contributed by atoms with van der Waals surface area (Å²) in [4.78, 5) is 22.5. The van der Waals surface area contributed by atoms with Crippen LogP contribution in [0.25, 0.3) is 0 Å². The second-order valence-electron chi connectivity index (χ2n) is 5.31. The van der Waals surface area contributed by atoms with E-state index in [-0.39, 0.29) is 29.2 Å². The van der Waals surface area contributed by atoms with Gasteiger partial charge in [0.25, 0.3) is 11.6 Å². The molecule has 0 aliphatic rings. The molecule has 6 nitrogen and oxygen atoms in total. The van der Waals surface area contributed by atoms with Crippen molar-refractivity contribution in [1.29, 1.82) is 0 Å². The Morgan fingerprint density at radius 1 is 1.38 bits per heavy atom. The number of aryl methyl sites for hydroxylation is 1. The van der Waals surface area contributed by atoms with E-state index in [0.29, 0.717) is 12.1 Å². The highest BCUT2D eigenvalue weighted by Gasteiger charge is 2.26. The summed E-state index contributed by atoms with van der Waals surface area (Å²) in [5.41, 5.74) is 0.364. The number of carbonyl (C=O) groups excluding carboxylic acids is 1. The van der Waals surface area contributed by atoms with E-state index in [4.69, 9.17) is 0 Å². The zero-order valence-electron chi connectivity index (χ0n) is 12.7. The van der Waals surface area contributed by atoms with Gasteiger partial charge in [-0.05, 0) is 25.8 Å². The molecule has 0 saturated heterocycles. The number of nitro benzene ring substituents is 1. The molecule has 0 heterocycles. The summed E-state index contributed by atoms with van der Waals surface area (Å²) >= 11 is 0. The second kappa shape index (κ2) is 7.17. The second-order valence-corrected chi connectivity index (χ2v) is 5.31. The number of aliphatic hydroxyl groups excluding tert-OH is 1. The zero-order chi connectivity index (χ0) is 16.0. The topological polar surface area (TPSA) is 92.5 Å². The minimum atomic E-state index is -0.498. The van der Waals surface area contributed by atoms with Crippen molar-refractivity contribution in [3.8, 4) is 0 Å². The van der Waals surface area contributed by atoms with Crippen molar-refractivity contribution >= 4 is 11.6 Å². The van der Waals surface area contributed by atoms with E-state index < -0.39 is 4.92 Å². The van der Waals surface area contributed by atoms with Crippen LogP contribution in [-0.4, -0.2) is 29.1 Å². The number of nitrogens with zero attached hydrogens (tertiary/aromatic N) is 1. The van der Waals surface area contributed by atoms with Gasteiger partial charge in [-0.1, -0.05) is 19.9 Å². The Balaban J connectivity index is 2.85. The lowest BCUT2D eigenvalue weighted by atomic mass is 9.83. The molecule has 0 unspecified atom stereocenters. The molecule has 1 rings (SSSR count). The fourth-order valence-corrected chi connectivity index (χ4v) is 2.10. The van der Waals surface area contributed by atoms with Gasteiger partial charge in [0.2, 0.25) is 0 Å². The summed E-state index contributed by atoms with van der Waals surface area (Å²) < 4.78 is 0. The minimum Gasteiger partial charge on any atom is -0.396 e. The molecule has 0 aliphatic heterocycles. The number of carbonyl (C=O) groups is 1. The average Bonchev–Trinajstić information content (AvgIpc) is 2.49. The number of rotatable bonds is 7. The molecule has 0 spiro atoms. The maximum Gasteiger partial charge on any atom is 0.273 e. The van der Waals surface area contributed by atoms with Crippen molar-refractivity contribution < 1.29 is 14.8 Å². The van der Waals surface area contributed by atoms with Crippen LogP contribution in [0.5, 0.6) is 0 Å². The van der Waals surface area contributed by atoms with Gasteiger partial charge >= 0.3 is 0 Å². The molecular weight excluding hydrogens is 272 g/mol. The van der Waals surface area contributed by atoms with E-state index in [1.165, 1.54) is 6.07 Å². The molecular formula is C15H22N2O4. The zero-order valence-corrected chi connectivity index (χ0v) is 12.7. The molecule has 0 radical (unpaired) electrons. The quantitative estimate of drug-likeness (QED) is 0.596. The Labute approximate surface area is 124 Å². The number of hydrogen-bond donors (Lipinski definition) is 2. The largest absolute Gasteiger partial charge is 0.396 e. The Morgan fingerprint density at radius 3 is 2.48 bits per heavy atom. The van der Waals surface area contributed by atoms with Crippen LogP contribution < -0.4 is 5.32 Å². The number of nitro groups is 1. The summed E-state index contributed by atoms with van der Waals surface area (Å²) in [6.07, 6.45) is 1.49. The van der Waals surface area contributed by atoms with Crippen molar-refractivity contribution in [2.75, 3.05) is 13.2 Å². The van der Waals surface area contributed by atoms with Crippen molar-refractivity contribution in [3.05, 3.63) is 39.4 Å². The molecule has 0 aliphatic carbocycles. The predicted molar refractivity (Wildman–Crippen MR) is 80.3 cm³/mol. The van der Waals surface area contributed by atoms with Gasteiger partial charge in [-0.15, -0.1) is 0 Å². The van der Waals surface area contributed by atoms with Gasteiger partial charge in [-0.2, -0.15) is 0 Å². The van der Waals surface area contributed by atoms with Crippen LogP contribution in [0.15, 0.2) is 18.2 Å². The van der Waals surface area contributed by atoms with Crippen LogP contribution in [0.4, 0.5) is 5.69 Å². The van der Waals surface area contributed by atoms with Crippen LogP contribution in [0.2, 0.25) is 0 Å². The molecule has 2 N–H and O–H groups in total. The summed E-state index contributed by atoms with van der Waals surface area (Å²) in [6.45, 7) is 5.89. The van der Waals surface area contributed by atoms with Gasteiger partial charge in [-0.25, -0.2) is 0 Å². The number of hydrogen-bond acceptors (Lipinski definition) is 4. The van der Waals surface area contributed by atoms with Gasteiger partial charge in [0.05, 0.1) is 11.5 Å². The van der Waals surface area contributed by atoms with Crippen LogP contribution in [0.1, 0.15) is 42.6 Å². The van der Waals surface area contributed by atoms with Crippen LogP contribution in [-0.2, 0) is 0 Å². The Bertz CT molecular complexity index is 516. The van der Waals surface area contributed by atoms with Gasteiger partial charge in [0.1, 0.15) is 0 Å². The molecule has 0 bridgehead atoms. The summed E-state index contributed by atoms with van der Waals surface area (Å²) in [5, 5.41) is 23.1. The monoisotopic (exact) mass is 294 g/mol. The first-order valence-corrected chi connectivity index (χ1v) is 7.03. The van der Waals surface area contributed by atoms with Crippen molar-refractivity contribution in [1.82, 2.24) is 5.32 Å². The molecule has 0 saturated carbocycles. The van der Waals surface area contributed by atoms with Crippen molar-refractivity contribution in [2.45, 2.75) is 33.6 Å². The number of nitrogens with one attached hydrogen (secondary N) is 1. The van der Waals surface area contributed by atoms with E-state index in [1.54, 1.807) is 19.1 Å². The smallest absolute Gasteiger partial charge is 0.273 e. The maximum atomic E-state index is 12.1. The lowest BCUT2D eigenvalue weighted by Crippen LogP contribution is -2.39. The first kappa shape index (κ1) is 17.1. The third-order valence-electron chi connectivity index (χ3n) is 4.13. The molecule has 0 fully saturated rings. The van der Waals surface area contributed by atoms with E-state index in [2.05, 4.69) is 5.32 Å². The van der Waals surface area contributed by atoms with E-state index >= 15 is 0 Å². The third-order valence-corrected chi connectivity index (χ3v) is 4.13. The highest BCUT2D eigenvalue weighted by molar-refractivity contribution is 5.95. The maximum absolute atomic E-state index is 12.1. The molecule has 1 aromatic rings. The molecule has 0 atom stereocenters. The minimum absolute atomic E-state index is 0.00563. The van der Waals surface area contributed by atoms with Gasteiger partial charge < -0.3 is 10.4 Å². The highest BCUT2D eigenvalue weighted by atomic mass is 16.6. The Kier molecular flexibility index (Phi) is 5.84. The van der Waals surface area contributed by atoms with Crippen LogP contribution in [0, 0.1) is 22.5 Å². The van der Waals surface area contributed by atoms with E-state index in [9.17, 15) is 20.0 Å². The van der Waals surface area contributed by atoms with Crippen molar-refractivity contribution in [3.63, 3.8) is 0 Å². The molecule has 6 heteroatoms. The summed E-state index contributed by atoms with van der Waals surface area (Å²) in [7, 11) is 0. The normalized spacial score (nSPS) is 11.2. The SMILES string of the molecule is CCC(CC)(CO)CNC(=O)c1ccc(C)c([N+](=O)[O-])c1. The third kappa shape index (κ3) is 4.01. The fraction of sp³-hybridized carbons (Fsp3) is 0.533. The first-order chi connectivity index (χ1) is 9.89. The molecule has 1 aromatic carbocycles. The Hall–Kier alpha value is -1.95. The first-order valence-electron chi connectivity index (χ1n) is 7.03. The standard InChI is InChI=1S/C15H22N2O4/c1-4-15(5-2,10-18)9-16-14(19)12-7-6-11(3)13(8-12)17(20)21/h6-8,18H,4-5,9-10H2,1-3H3,(H,16,19). The lowest BCUT2D eigenvalue weighted by molar-refractivity contribution is -0.385. The number of aliphatic hydroxyl groups is 1. The van der Waals surface area contributed by atoms with E-state index in [0.717, 1.165) is 12.8 Å². The van der Waals surface area contributed by atoms with Gasteiger partial charge in [-0.3, -0.25) is 14.9 Å². The van der Waals surface area contributed by atoms with Crippen LogP contribution >= 0.6 is 0 Å². The number of amides is 1. The molecule has 116 valence electrons. The average molecular weight is 294 g/mol. The highest BCUT2D eigenvalue weighted by Crippen LogP contribution is 2.25. The molecule has 1 amide bonds. The summed E-state index contributed by atoms with van der Waals surface area (Å²) in [5.74, 6) is -0.363. The van der Waals surface area contributed by atoms with Gasteiger partial charge in [0, 0.05) is 29.2 Å². The summed E-state index contributed by atoms with van der Waals surface area (Å²) in [6, 6.07) is 4.41. The van der Waals surface area contributed by atoms with E-state index in [1.807, 2.05) is 13.8 Å². The molecule has 0 aromatic heterocycles. The van der Waals surface area contributed by atoms with Crippen LogP contribution in [0.3, 0.4) is 0 Å². The lowest BCUT2D eigenvalue weighted by Gasteiger charge is -2.29. The van der Waals surface area contributed by atoms with Gasteiger partial charge in [0.15, 0.2) is 0 Å².